The molecule has 4 nitrogen and oxygen atoms in total. The minimum atomic E-state index is 0.0439. The van der Waals surface area contributed by atoms with Gasteiger partial charge in [0.15, 0.2) is 0 Å². The van der Waals surface area contributed by atoms with Crippen LogP contribution < -0.4 is 5.32 Å². The molecule has 0 amide bonds. The second-order valence-electron chi connectivity index (χ2n) is 2.99. The van der Waals surface area contributed by atoms with Crippen molar-refractivity contribution in [3.63, 3.8) is 0 Å². The van der Waals surface area contributed by atoms with Crippen LogP contribution in [0.2, 0.25) is 0 Å². The summed E-state index contributed by atoms with van der Waals surface area (Å²) in [6.45, 7) is 4.12. The van der Waals surface area contributed by atoms with Crippen LogP contribution in [0.5, 0.6) is 0 Å². The number of nitrogens with one attached hydrogen (secondary N) is 1. The monoisotopic (exact) mass is 201 g/mol. The lowest BCUT2D eigenvalue weighted by atomic mass is 10.3. The van der Waals surface area contributed by atoms with Crippen LogP contribution in [0.25, 0.3) is 0 Å². The zero-order chi connectivity index (χ0) is 9.68. The van der Waals surface area contributed by atoms with Gasteiger partial charge in [-0.1, -0.05) is 6.92 Å². The first-order valence-corrected chi connectivity index (χ1v) is 5.23. The van der Waals surface area contributed by atoms with Crippen LogP contribution in [0.3, 0.4) is 0 Å². The van der Waals surface area contributed by atoms with E-state index in [-0.39, 0.29) is 12.6 Å². The van der Waals surface area contributed by atoms with Crippen molar-refractivity contribution in [2.24, 2.45) is 0 Å². The molecule has 0 radical (unpaired) electrons. The van der Waals surface area contributed by atoms with E-state index >= 15 is 0 Å². The highest BCUT2D eigenvalue weighted by Gasteiger charge is 2.05. The number of anilines is 1. The summed E-state index contributed by atoms with van der Waals surface area (Å²) >= 11 is 1.35. The molecule has 74 valence electrons. The minimum absolute atomic E-state index is 0.0439. The average molecular weight is 201 g/mol. The Morgan fingerprint density at radius 1 is 1.62 bits per heavy atom. The molecule has 1 heterocycles. The normalized spacial score (nSPS) is 12.8. The van der Waals surface area contributed by atoms with Crippen molar-refractivity contribution < 1.29 is 5.11 Å². The van der Waals surface area contributed by atoms with Gasteiger partial charge in [0.1, 0.15) is 5.82 Å². The summed E-state index contributed by atoms with van der Waals surface area (Å²) in [5.74, 6) is 0.889. The molecular formula is C8H15N3OS. The van der Waals surface area contributed by atoms with E-state index in [1.165, 1.54) is 11.5 Å². The molecule has 0 aliphatic rings. The molecule has 1 unspecified atom stereocenters. The first-order valence-electron chi connectivity index (χ1n) is 4.46. The second-order valence-corrected chi connectivity index (χ2v) is 3.75. The predicted octanol–water partition coefficient (Wildman–Crippen LogP) is 1.28. The summed E-state index contributed by atoms with van der Waals surface area (Å²) in [5, 5.41) is 12.7. The summed E-state index contributed by atoms with van der Waals surface area (Å²) in [6.07, 6.45) is 1.98. The van der Waals surface area contributed by atoms with Gasteiger partial charge in [0.2, 0.25) is 5.13 Å². The highest BCUT2D eigenvalue weighted by atomic mass is 32.1. The number of aliphatic hydroxyl groups is 1. The number of aryl methyl sites for hydroxylation is 1. The molecule has 0 aliphatic heterocycles. The zero-order valence-electron chi connectivity index (χ0n) is 7.95. The Kier molecular flexibility index (Phi) is 4.11. The van der Waals surface area contributed by atoms with Gasteiger partial charge >= 0.3 is 0 Å². The number of aliphatic hydroxyl groups excluding tert-OH is 1. The predicted molar refractivity (Wildman–Crippen MR) is 54.1 cm³/mol. The first kappa shape index (κ1) is 10.4. The average Bonchev–Trinajstić information content (AvgIpc) is 2.53. The van der Waals surface area contributed by atoms with E-state index in [1.54, 1.807) is 0 Å². The molecular weight excluding hydrogens is 186 g/mol. The van der Waals surface area contributed by atoms with E-state index in [4.69, 9.17) is 5.11 Å². The Hall–Kier alpha value is -0.680. The lowest BCUT2D eigenvalue weighted by molar-refractivity contribution is 0.281. The number of aromatic nitrogens is 2. The molecule has 1 atom stereocenters. The molecule has 0 aromatic carbocycles. The van der Waals surface area contributed by atoms with E-state index < -0.39 is 0 Å². The molecule has 0 saturated carbocycles. The van der Waals surface area contributed by atoms with Crippen LogP contribution in [-0.4, -0.2) is 27.1 Å². The van der Waals surface area contributed by atoms with Gasteiger partial charge in [-0.2, -0.15) is 4.37 Å². The third-order valence-electron chi connectivity index (χ3n) is 1.59. The van der Waals surface area contributed by atoms with E-state index in [1.807, 2.05) is 6.92 Å². The fraction of sp³-hybridized carbons (Fsp3) is 0.750. The smallest absolute Gasteiger partial charge is 0.202 e. The number of rotatable bonds is 5. The maximum atomic E-state index is 8.80. The minimum Gasteiger partial charge on any atom is -0.394 e. The molecule has 2 N–H and O–H groups in total. The topological polar surface area (TPSA) is 58.0 Å². The Morgan fingerprint density at radius 3 is 3.00 bits per heavy atom. The van der Waals surface area contributed by atoms with Crippen molar-refractivity contribution in [3.8, 4) is 0 Å². The highest BCUT2D eigenvalue weighted by molar-refractivity contribution is 7.09. The number of nitrogens with zero attached hydrogens (tertiary/aromatic N) is 2. The third kappa shape index (κ3) is 3.28. The Balaban J connectivity index is 2.48. The molecule has 1 aromatic rings. The SMILES string of the molecule is CCCc1nsc(NC(C)CO)n1. The Morgan fingerprint density at radius 2 is 2.38 bits per heavy atom. The summed E-state index contributed by atoms with van der Waals surface area (Å²) in [6, 6.07) is 0.0439. The fourth-order valence-electron chi connectivity index (χ4n) is 0.894. The van der Waals surface area contributed by atoms with Gasteiger partial charge in [-0.25, -0.2) is 4.98 Å². The van der Waals surface area contributed by atoms with Gasteiger partial charge in [-0.3, -0.25) is 0 Å². The Bertz CT molecular complexity index is 251. The third-order valence-corrected chi connectivity index (χ3v) is 2.27. The van der Waals surface area contributed by atoms with Crippen LogP contribution in [0.4, 0.5) is 5.13 Å². The van der Waals surface area contributed by atoms with Crippen molar-refractivity contribution in [2.45, 2.75) is 32.7 Å². The maximum absolute atomic E-state index is 8.80. The summed E-state index contributed by atoms with van der Waals surface area (Å²) < 4.78 is 4.18. The van der Waals surface area contributed by atoms with Crippen molar-refractivity contribution in [1.29, 1.82) is 0 Å². The van der Waals surface area contributed by atoms with E-state index in [2.05, 4.69) is 21.6 Å². The van der Waals surface area contributed by atoms with Crippen molar-refractivity contribution in [2.75, 3.05) is 11.9 Å². The number of hydrogen-bond donors (Lipinski definition) is 2. The van der Waals surface area contributed by atoms with Crippen LogP contribution in [0.15, 0.2) is 0 Å². The van der Waals surface area contributed by atoms with Crippen molar-refractivity contribution >= 4 is 16.7 Å². The molecule has 0 spiro atoms. The van der Waals surface area contributed by atoms with Crippen LogP contribution in [0, 0.1) is 0 Å². The molecule has 0 fully saturated rings. The van der Waals surface area contributed by atoms with Gasteiger partial charge in [-0.05, 0) is 13.3 Å². The first-order chi connectivity index (χ1) is 6.26. The van der Waals surface area contributed by atoms with Crippen molar-refractivity contribution in [1.82, 2.24) is 9.36 Å². The number of hydrogen-bond acceptors (Lipinski definition) is 5. The largest absolute Gasteiger partial charge is 0.394 e. The lowest BCUT2D eigenvalue weighted by Crippen LogP contribution is -2.19. The van der Waals surface area contributed by atoms with Gasteiger partial charge in [-0.15, -0.1) is 0 Å². The molecule has 0 bridgehead atoms. The second kappa shape index (κ2) is 5.14. The summed E-state index contributed by atoms with van der Waals surface area (Å²) in [4.78, 5) is 4.27. The summed E-state index contributed by atoms with van der Waals surface area (Å²) in [7, 11) is 0. The molecule has 0 aliphatic carbocycles. The highest BCUT2D eigenvalue weighted by Crippen LogP contribution is 2.12. The molecule has 1 rings (SSSR count). The quantitative estimate of drug-likeness (QED) is 0.753. The van der Waals surface area contributed by atoms with Gasteiger partial charge in [0.05, 0.1) is 6.61 Å². The molecule has 13 heavy (non-hydrogen) atoms. The fourth-order valence-corrected chi connectivity index (χ4v) is 1.62. The Labute approximate surface area is 82.2 Å². The van der Waals surface area contributed by atoms with Crippen LogP contribution >= 0.6 is 11.5 Å². The van der Waals surface area contributed by atoms with Crippen LogP contribution in [0.1, 0.15) is 26.1 Å². The van der Waals surface area contributed by atoms with Gasteiger partial charge < -0.3 is 10.4 Å². The van der Waals surface area contributed by atoms with Crippen LogP contribution in [-0.2, 0) is 6.42 Å². The van der Waals surface area contributed by atoms with Gasteiger partial charge in [0, 0.05) is 24.0 Å². The lowest BCUT2D eigenvalue weighted by Gasteiger charge is -2.07. The molecule has 0 saturated heterocycles. The summed E-state index contributed by atoms with van der Waals surface area (Å²) in [5.41, 5.74) is 0. The zero-order valence-corrected chi connectivity index (χ0v) is 8.77. The van der Waals surface area contributed by atoms with E-state index in [0.29, 0.717) is 0 Å². The maximum Gasteiger partial charge on any atom is 0.202 e. The van der Waals surface area contributed by atoms with E-state index in [9.17, 15) is 0 Å². The van der Waals surface area contributed by atoms with E-state index in [0.717, 1.165) is 23.8 Å². The molecule has 1 aromatic heterocycles. The standard InChI is InChI=1S/C8H15N3OS/c1-3-4-7-10-8(13-11-7)9-6(2)5-12/h6,12H,3-5H2,1-2H3,(H,9,10,11). The van der Waals surface area contributed by atoms with Crippen molar-refractivity contribution in [3.05, 3.63) is 5.82 Å². The molecule has 5 heteroatoms. The van der Waals surface area contributed by atoms with Gasteiger partial charge in [0.25, 0.3) is 0 Å².